The molecule has 3 aromatic rings. The maximum Gasteiger partial charge on any atom is 0.573 e. The van der Waals surface area contributed by atoms with Gasteiger partial charge in [0.15, 0.2) is 10.8 Å². The molecule has 170 valence electrons. The largest absolute Gasteiger partial charge is 0.573 e. The first-order valence-corrected chi connectivity index (χ1v) is 10.7. The van der Waals surface area contributed by atoms with Crippen LogP contribution in [-0.4, -0.2) is 37.4 Å². The molecular formula is C20H20F3N5O3S. The molecule has 1 aliphatic heterocycles. The fourth-order valence-corrected chi connectivity index (χ4v) is 4.57. The number of ether oxygens (including phenoxy) is 1. The number of hydrogen-bond acceptors (Lipinski definition) is 6. The number of nitrogens with one attached hydrogen (secondary N) is 1. The highest BCUT2D eigenvalue weighted by atomic mass is 32.2. The van der Waals surface area contributed by atoms with Crippen LogP contribution in [0.25, 0.3) is 11.0 Å². The van der Waals surface area contributed by atoms with Crippen LogP contribution < -0.4 is 15.6 Å². The molecule has 0 radical (unpaired) electrons. The molecule has 1 atom stereocenters. The highest BCUT2D eigenvalue weighted by Gasteiger charge is 2.32. The number of carbonyl (C=O) groups excluding carboxylic acids is 1. The van der Waals surface area contributed by atoms with Crippen molar-refractivity contribution in [3.05, 3.63) is 40.8 Å². The van der Waals surface area contributed by atoms with E-state index in [1.54, 1.807) is 4.68 Å². The summed E-state index contributed by atoms with van der Waals surface area (Å²) in [4.78, 5) is 30.2. The predicted octanol–water partition coefficient (Wildman–Crippen LogP) is 3.92. The Hall–Kier alpha value is -3.02. The Morgan fingerprint density at radius 3 is 2.56 bits per heavy atom. The van der Waals surface area contributed by atoms with Gasteiger partial charge in [0.1, 0.15) is 11.1 Å². The van der Waals surface area contributed by atoms with Gasteiger partial charge in [-0.3, -0.25) is 14.2 Å². The summed E-state index contributed by atoms with van der Waals surface area (Å²) in [5.41, 5.74) is 0.232. The lowest BCUT2D eigenvalue weighted by atomic mass is 10.1. The van der Waals surface area contributed by atoms with Gasteiger partial charge < -0.3 is 10.1 Å². The van der Waals surface area contributed by atoms with Crippen LogP contribution in [0.1, 0.15) is 33.2 Å². The number of carbonyl (C=O) groups is 1. The summed E-state index contributed by atoms with van der Waals surface area (Å²) in [6, 6.07) is 4.46. The van der Waals surface area contributed by atoms with Crippen LogP contribution in [0.15, 0.2) is 40.4 Å². The summed E-state index contributed by atoms with van der Waals surface area (Å²) in [7, 11) is 0. The summed E-state index contributed by atoms with van der Waals surface area (Å²) in [5, 5.41) is 7.86. The number of nitrogens with zero attached hydrogens (tertiary/aromatic N) is 4. The van der Waals surface area contributed by atoms with Gasteiger partial charge in [0, 0.05) is 17.9 Å². The van der Waals surface area contributed by atoms with Crippen molar-refractivity contribution in [1.29, 1.82) is 0 Å². The van der Waals surface area contributed by atoms with Crippen molar-refractivity contribution in [3.63, 3.8) is 0 Å². The maximum absolute atomic E-state index is 13.1. The SMILES string of the molecule is CC(C)(C)n1ncc2c(=O)n3c(nc21)SCC3CC(=O)Nc1ccc(OC(F)(F)F)cc1. The molecule has 4 rings (SSSR count). The Labute approximate surface area is 184 Å². The van der Waals surface area contributed by atoms with Crippen LogP contribution in [0.5, 0.6) is 5.75 Å². The Morgan fingerprint density at radius 1 is 1.25 bits per heavy atom. The lowest BCUT2D eigenvalue weighted by Gasteiger charge is -2.20. The van der Waals surface area contributed by atoms with Crippen molar-refractivity contribution in [3.8, 4) is 5.75 Å². The molecule has 0 saturated heterocycles. The van der Waals surface area contributed by atoms with Gasteiger partial charge >= 0.3 is 6.36 Å². The van der Waals surface area contributed by atoms with Gasteiger partial charge in [-0.25, -0.2) is 9.67 Å². The number of alkyl halides is 3. The molecule has 3 heterocycles. The topological polar surface area (TPSA) is 91.0 Å². The molecular weight excluding hydrogens is 447 g/mol. The van der Waals surface area contributed by atoms with Gasteiger partial charge in [0.2, 0.25) is 5.91 Å². The minimum Gasteiger partial charge on any atom is -0.406 e. The van der Waals surface area contributed by atoms with Crippen molar-refractivity contribution in [2.24, 2.45) is 0 Å². The quantitative estimate of drug-likeness (QED) is 0.585. The number of halogens is 3. The van der Waals surface area contributed by atoms with Crippen molar-refractivity contribution < 1.29 is 22.7 Å². The van der Waals surface area contributed by atoms with E-state index in [1.807, 2.05) is 20.8 Å². The zero-order chi connectivity index (χ0) is 23.3. The van der Waals surface area contributed by atoms with Gasteiger partial charge in [-0.1, -0.05) is 11.8 Å². The maximum atomic E-state index is 13.1. The Balaban J connectivity index is 1.50. The van der Waals surface area contributed by atoms with Crippen LogP contribution in [0.4, 0.5) is 18.9 Å². The Kier molecular flexibility index (Phi) is 5.43. The summed E-state index contributed by atoms with van der Waals surface area (Å²) < 4.78 is 43.8. The van der Waals surface area contributed by atoms with E-state index in [-0.39, 0.29) is 29.2 Å². The predicted molar refractivity (Wildman–Crippen MR) is 113 cm³/mol. The average Bonchev–Trinajstić information content (AvgIpc) is 3.27. The minimum atomic E-state index is -4.78. The number of rotatable bonds is 4. The van der Waals surface area contributed by atoms with Crippen molar-refractivity contribution in [2.45, 2.75) is 50.3 Å². The number of aromatic nitrogens is 4. The first-order valence-electron chi connectivity index (χ1n) is 9.71. The second kappa shape index (κ2) is 7.84. The fourth-order valence-electron chi connectivity index (χ4n) is 3.44. The van der Waals surface area contributed by atoms with E-state index in [0.717, 1.165) is 12.1 Å². The van der Waals surface area contributed by atoms with E-state index < -0.39 is 12.4 Å². The normalized spacial score (nSPS) is 16.2. The van der Waals surface area contributed by atoms with E-state index in [1.165, 1.54) is 34.7 Å². The van der Waals surface area contributed by atoms with E-state index >= 15 is 0 Å². The van der Waals surface area contributed by atoms with Gasteiger partial charge in [-0.2, -0.15) is 5.10 Å². The molecule has 32 heavy (non-hydrogen) atoms. The van der Waals surface area contributed by atoms with Crippen LogP contribution in [-0.2, 0) is 10.3 Å². The van der Waals surface area contributed by atoms with Crippen LogP contribution in [0.3, 0.4) is 0 Å². The monoisotopic (exact) mass is 467 g/mol. The number of amides is 1. The molecule has 0 spiro atoms. The molecule has 2 aromatic heterocycles. The molecule has 1 aliphatic rings. The first-order chi connectivity index (χ1) is 14.9. The number of hydrogen-bond donors (Lipinski definition) is 1. The molecule has 0 saturated carbocycles. The average molecular weight is 467 g/mol. The van der Waals surface area contributed by atoms with Crippen LogP contribution >= 0.6 is 11.8 Å². The molecule has 0 aliphatic carbocycles. The first kappa shape index (κ1) is 22.2. The van der Waals surface area contributed by atoms with E-state index in [0.29, 0.717) is 27.6 Å². The van der Waals surface area contributed by atoms with Crippen LogP contribution in [0, 0.1) is 0 Å². The second-order valence-electron chi connectivity index (χ2n) is 8.32. The molecule has 1 aromatic carbocycles. The minimum absolute atomic E-state index is 0.0152. The summed E-state index contributed by atoms with van der Waals surface area (Å²) in [6.07, 6.45) is -3.27. The molecule has 8 nitrogen and oxygen atoms in total. The fraction of sp³-hybridized carbons (Fsp3) is 0.400. The van der Waals surface area contributed by atoms with Gasteiger partial charge in [0.05, 0.1) is 17.8 Å². The molecule has 1 unspecified atom stereocenters. The number of thioether (sulfide) groups is 1. The highest BCUT2D eigenvalue weighted by Crippen LogP contribution is 2.34. The lowest BCUT2D eigenvalue weighted by molar-refractivity contribution is -0.274. The van der Waals surface area contributed by atoms with Crippen molar-refractivity contribution in [2.75, 3.05) is 11.1 Å². The lowest BCUT2D eigenvalue weighted by Crippen LogP contribution is -2.29. The number of benzene rings is 1. The van der Waals surface area contributed by atoms with Crippen molar-refractivity contribution >= 4 is 34.4 Å². The third-order valence-electron chi connectivity index (χ3n) is 4.80. The van der Waals surface area contributed by atoms with E-state index in [4.69, 9.17) is 0 Å². The molecule has 0 bridgehead atoms. The molecule has 0 fully saturated rings. The van der Waals surface area contributed by atoms with Crippen LogP contribution in [0.2, 0.25) is 0 Å². The van der Waals surface area contributed by atoms with E-state index in [9.17, 15) is 22.8 Å². The summed E-state index contributed by atoms with van der Waals surface area (Å²) >= 11 is 1.39. The second-order valence-corrected chi connectivity index (χ2v) is 9.31. The smallest absolute Gasteiger partial charge is 0.406 e. The van der Waals surface area contributed by atoms with E-state index in [2.05, 4.69) is 20.1 Å². The van der Waals surface area contributed by atoms with Gasteiger partial charge in [-0.05, 0) is 45.0 Å². The number of anilines is 1. The van der Waals surface area contributed by atoms with Gasteiger partial charge in [0.25, 0.3) is 5.56 Å². The summed E-state index contributed by atoms with van der Waals surface area (Å²) in [5.74, 6) is -0.247. The highest BCUT2D eigenvalue weighted by molar-refractivity contribution is 7.99. The Morgan fingerprint density at radius 2 is 1.94 bits per heavy atom. The molecule has 1 amide bonds. The number of fused-ring (bicyclic) bond motifs is 2. The molecule has 1 N–H and O–H groups in total. The standard InChI is InChI=1S/C20H20F3N5O3S/c1-19(2,3)28-16-14(9-24-28)17(30)27-12(10-32-18(27)26-16)8-15(29)25-11-4-6-13(7-5-11)31-20(21,22)23/h4-7,9,12H,8,10H2,1-3H3,(H,25,29). The Bertz CT molecular complexity index is 1230. The zero-order valence-electron chi connectivity index (χ0n) is 17.4. The third kappa shape index (κ3) is 4.45. The summed E-state index contributed by atoms with van der Waals surface area (Å²) in [6.45, 7) is 5.90. The third-order valence-corrected chi connectivity index (χ3v) is 5.90. The zero-order valence-corrected chi connectivity index (χ0v) is 18.3. The van der Waals surface area contributed by atoms with Gasteiger partial charge in [-0.15, -0.1) is 13.2 Å². The van der Waals surface area contributed by atoms with Crippen molar-refractivity contribution in [1.82, 2.24) is 19.3 Å². The molecule has 12 heteroatoms.